The van der Waals surface area contributed by atoms with Crippen LogP contribution < -0.4 is 4.90 Å². The van der Waals surface area contributed by atoms with Crippen molar-refractivity contribution >= 4 is 82.4 Å². The molecule has 3 nitrogen and oxygen atoms in total. The number of hydrogen-bond donors (Lipinski definition) is 0. The van der Waals surface area contributed by atoms with Gasteiger partial charge in [0.25, 0.3) is 0 Å². The Morgan fingerprint density at radius 3 is 1.85 bits per heavy atom. The van der Waals surface area contributed by atoms with Gasteiger partial charge in [-0.05, 0) is 81.9 Å². The Bertz CT molecular complexity index is 3160. The molecule has 0 atom stereocenters. The average Bonchev–Trinajstić information content (AvgIpc) is 3.77. The van der Waals surface area contributed by atoms with Crippen molar-refractivity contribution in [3.8, 4) is 16.8 Å². The molecule has 0 unspecified atom stereocenters. The third-order valence-electron chi connectivity index (χ3n) is 10.7. The van der Waals surface area contributed by atoms with Crippen LogP contribution in [-0.2, 0) is 0 Å². The van der Waals surface area contributed by atoms with Crippen LogP contribution in [0.2, 0.25) is 0 Å². The lowest BCUT2D eigenvalue weighted by Gasteiger charge is -2.28. The van der Waals surface area contributed by atoms with E-state index in [-0.39, 0.29) is 0 Å². The number of aromatic nitrogens is 1. The normalized spacial score (nSPS) is 11.8. The predicted octanol–water partition coefficient (Wildman–Crippen LogP) is 14.1. The summed E-state index contributed by atoms with van der Waals surface area (Å²) >= 11 is 0. The molecule has 53 heavy (non-hydrogen) atoms. The minimum Gasteiger partial charge on any atom is -0.456 e. The lowest BCUT2D eigenvalue weighted by atomic mass is 10.0. The van der Waals surface area contributed by atoms with Crippen LogP contribution >= 0.6 is 0 Å². The number of rotatable bonds is 5. The molecule has 0 saturated carbocycles. The van der Waals surface area contributed by atoms with E-state index < -0.39 is 0 Å². The summed E-state index contributed by atoms with van der Waals surface area (Å²) in [7, 11) is 0. The zero-order valence-corrected chi connectivity index (χ0v) is 28.8. The molecule has 0 aliphatic rings. The lowest BCUT2D eigenvalue weighted by Crippen LogP contribution is -2.11. The Balaban J connectivity index is 1.23. The molecule has 0 radical (unpaired) electrons. The van der Waals surface area contributed by atoms with Gasteiger partial charge in [0.2, 0.25) is 0 Å². The van der Waals surface area contributed by atoms with Gasteiger partial charge in [-0.15, -0.1) is 0 Å². The van der Waals surface area contributed by atoms with Gasteiger partial charge in [-0.2, -0.15) is 0 Å². The fourth-order valence-electron chi connectivity index (χ4n) is 8.37. The summed E-state index contributed by atoms with van der Waals surface area (Å²) in [6, 6.07) is 69.7. The first-order valence-electron chi connectivity index (χ1n) is 18.1. The molecule has 0 N–H and O–H groups in total. The highest BCUT2D eigenvalue weighted by atomic mass is 16.3. The first-order chi connectivity index (χ1) is 26.3. The monoisotopic (exact) mass is 676 g/mol. The maximum atomic E-state index is 6.56. The standard InChI is InChI=1S/C50H32N2O/c1-3-13-33(14-4-1)34-23-26-38(27-24-34)52-44-30-25-35-15-7-9-19-40(35)48(44)42-29-28-39(32-45(42)52)51(37-17-5-2-6-18-37)50-41-20-10-8-16-36(41)31-47-49(50)43-21-11-12-22-46(43)53-47/h1-32H. The second kappa shape index (κ2) is 11.7. The van der Waals surface area contributed by atoms with Gasteiger partial charge in [-0.3, -0.25) is 0 Å². The van der Waals surface area contributed by atoms with Gasteiger partial charge in [0, 0.05) is 38.6 Å². The van der Waals surface area contributed by atoms with E-state index in [0.29, 0.717) is 0 Å². The van der Waals surface area contributed by atoms with Crippen molar-refractivity contribution in [2.45, 2.75) is 0 Å². The molecule has 0 spiro atoms. The van der Waals surface area contributed by atoms with Crippen LogP contribution in [0.3, 0.4) is 0 Å². The van der Waals surface area contributed by atoms with E-state index in [9.17, 15) is 0 Å². The van der Waals surface area contributed by atoms with Crippen molar-refractivity contribution in [1.29, 1.82) is 0 Å². The van der Waals surface area contributed by atoms with Crippen molar-refractivity contribution in [2.75, 3.05) is 4.90 Å². The quantitative estimate of drug-likeness (QED) is 0.181. The van der Waals surface area contributed by atoms with Gasteiger partial charge in [-0.1, -0.05) is 140 Å². The minimum atomic E-state index is 0.876. The van der Waals surface area contributed by atoms with E-state index >= 15 is 0 Å². The van der Waals surface area contributed by atoms with Gasteiger partial charge in [0.1, 0.15) is 11.2 Å². The van der Waals surface area contributed by atoms with Crippen LogP contribution in [-0.4, -0.2) is 4.57 Å². The SMILES string of the molecule is c1ccc(-c2ccc(-n3c4cc(N(c5ccccc5)c5c6ccccc6cc6oc7ccccc7c56)ccc4c4c5ccccc5ccc43)cc2)cc1. The van der Waals surface area contributed by atoms with E-state index in [1.165, 1.54) is 43.6 Å². The Hall–Kier alpha value is -7.10. The average molecular weight is 677 g/mol. The maximum absolute atomic E-state index is 6.56. The summed E-state index contributed by atoms with van der Waals surface area (Å²) in [5.41, 5.74) is 10.9. The van der Waals surface area contributed by atoms with E-state index in [0.717, 1.165) is 55.6 Å². The smallest absolute Gasteiger partial charge is 0.138 e. The van der Waals surface area contributed by atoms with Crippen LogP contribution in [0.4, 0.5) is 17.1 Å². The molecule has 11 rings (SSSR count). The number of hydrogen-bond acceptors (Lipinski definition) is 2. The predicted molar refractivity (Wildman–Crippen MR) is 223 cm³/mol. The number of benzene rings is 9. The van der Waals surface area contributed by atoms with Gasteiger partial charge in [0.05, 0.1) is 22.1 Å². The number of anilines is 3. The first-order valence-corrected chi connectivity index (χ1v) is 18.1. The van der Waals surface area contributed by atoms with Crippen LogP contribution in [0.15, 0.2) is 199 Å². The molecule has 2 heterocycles. The van der Waals surface area contributed by atoms with Crippen molar-refractivity contribution in [3.05, 3.63) is 194 Å². The molecule has 0 amide bonds. The van der Waals surface area contributed by atoms with E-state index in [2.05, 4.69) is 198 Å². The molecular weight excluding hydrogens is 645 g/mol. The van der Waals surface area contributed by atoms with Crippen molar-refractivity contribution in [1.82, 2.24) is 4.57 Å². The van der Waals surface area contributed by atoms with Crippen molar-refractivity contribution in [3.63, 3.8) is 0 Å². The third kappa shape index (κ3) is 4.61. The molecule has 0 fully saturated rings. The molecule has 0 bridgehead atoms. The van der Waals surface area contributed by atoms with Crippen LogP contribution in [0.1, 0.15) is 0 Å². The summed E-state index contributed by atoms with van der Waals surface area (Å²) in [4.78, 5) is 2.42. The topological polar surface area (TPSA) is 21.3 Å². The first kappa shape index (κ1) is 29.6. The van der Waals surface area contributed by atoms with E-state index in [1.807, 2.05) is 6.07 Å². The summed E-state index contributed by atoms with van der Waals surface area (Å²) in [6.45, 7) is 0. The summed E-state index contributed by atoms with van der Waals surface area (Å²) < 4.78 is 9.00. The Labute approximate surface area is 306 Å². The number of furan rings is 1. The molecule has 9 aromatic carbocycles. The second-order valence-corrected chi connectivity index (χ2v) is 13.7. The number of para-hydroxylation sites is 2. The molecule has 0 aliphatic carbocycles. The van der Waals surface area contributed by atoms with Gasteiger partial charge >= 0.3 is 0 Å². The second-order valence-electron chi connectivity index (χ2n) is 13.7. The molecule has 3 heteroatoms. The third-order valence-corrected chi connectivity index (χ3v) is 10.7. The van der Waals surface area contributed by atoms with Crippen LogP contribution in [0, 0.1) is 0 Å². The Kier molecular flexibility index (Phi) is 6.55. The maximum Gasteiger partial charge on any atom is 0.138 e. The lowest BCUT2D eigenvalue weighted by molar-refractivity contribution is 0.669. The van der Waals surface area contributed by atoms with Crippen LogP contribution in [0.5, 0.6) is 0 Å². The number of nitrogens with zero attached hydrogens (tertiary/aromatic N) is 2. The van der Waals surface area contributed by atoms with E-state index in [1.54, 1.807) is 0 Å². The highest BCUT2D eigenvalue weighted by molar-refractivity contribution is 6.24. The Morgan fingerprint density at radius 1 is 0.377 bits per heavy atom. The zero-order valence-electron chi connectivity index (χ0n) is 28.8. The summed E-state index contributed by atoms with van der Waals surface area (Å²) in [5, 5.41) is 9.47. The van der Waals surface area contributed by atoms with Crippen molar-refractivity contribution < 1.29 is 4.42 Å². The fraction of sp³-hybridized carbons (Fsp3) is 0. The molecule has 0 saturated heterocycles. The zero-order chi connectivity index (χ0) is 34.9. The largest absolute Gasteiger partial charge is 0.456 e. The van der Waals surface area contributed by atoms with Crippen molar-refractivity contribution in [2.24, 2.45) is 0 Å². The number of fused-ring (bicyclic) bond motifs is 9. The Morgan fingerprint density at radius 2 is 1.04 bits per heavy atom. The molecule has 2 aromatic heterocycles. The molecular formula is C50H32N2O. The molecule has 11 aromatic rings. The van der Waals surface area contributed by atoms with Gasteiger partial charge in [0.15, 0.2) is 0 Å². The minimum absolute atomic E-state index is 0.876. The molecule has 248 valence electrons. The highest BCUT2D eigenvalue weighted by Crippen LogP contribution is 2.48. The fourth-order valence-corrected chi connectivity index (χ4v) is 8.37. The van der Waals surface area contributed by atoms with Crippen LogP contribution in [0.25, 0.3) is 82.1 Å². The van der Waals surface area contributed by atoms with E-state index in [4.69, 9.17) is 4.42 Å². The summed E-state index contributed by atoms with van der Waals surface area (Å²) in [5.74, 6) is 0. The van der Waals surface area contributed by atoms with Gasteiger partial charge < -0.3 is 13.9 Å². The highest BCUT2D eigenvalue weighted by Gasteiger charge is 2.24. The molecule has 0 aliphatic heterocycles. The van der Waals surface area contributed by atoms with Gasteiger partial charge in [-0.25, -0.2) is 0 Å². The summed E-state index contributed by atoms with van der Waals surface area (Å²) in [6.07, 6.45) is 0.